The van der Waals surface area contributed by atoms with Crippen molar-refractivity contribution in [2.75, 3.05) is 13.3 Å². The van der Waals surface area contributed by atoms with E-state index in [1.54, 1.807) is 6.92 Å². The molecule has 1 heterocycles. The maximum Gasteiger partial charge on any atom is 0.328 e. The highest BCUT2D eigenvalue weighted by Crippen LogP contribution is 2.49. The molecule has 1 N–H and O–H groups in total. The van der Waals surface area contributed by atoms with Crippen molar-refractivity contribution >= 4 is 7.60 Å². The summed E-state index contributed by atoms with van der Waals surface area (Å²) in [6.45, 7) is 11.4. The third kappa shape index (κ3) is 4.83. The number of aliphatic hydroxyl groups excluding tert-OH is 1. The van der Waals surface area contributed by atoms with Gasteiger partial charge in [0.2, 0.25) is 0 Å². The van der Waals surface area contributed by atoms with Crippen LogP contribution in [0.25, 0.3) is 0 Å². The fraction of sp³-hybridized carbons (Fsp3) is 1.00. The van der Waals surface area contributed by atoms with Crippen LogP contribution in [0.1, 0.15) is 34.6 Å². The van der Waals surface area contributed by atoms with Crippen molar-refractivity contribution in [1.82, 2.24) is 0 Å². The second kappa shape index (κ2) is 6.68. The molecule has 0 radical (unpaired) electrons. The first-order chi connectivity index (χ1) is 8.64. The largest absolute Gasteiger partial charge is 0.388 e. The summed E-state index contributed by atoms with van der Waals surface area (Å²) in [5, 5.41) is 10.2. The molecule has 0 aromatic heterocycles. The molecule has 0 aromatic carbocycles. The first-order valence-corrected chi connectivity index (χ1v) is 8.87. The average Bonchev–Trinajstić information content (AvgIpc) is 2.22. The van der Waals surface area contributed by atoms with Crippen LogP contribution in [0.15, 0.2) is 0 Å². The summed E-state index contributed by atoms with van der Waals surface area (Å²) in [5.41, 5.74) is 0. The quantitative estimate of drug-likeness (QED) is 0.790. The third-order valence-electron chi connectivity index (χ3n) is 3.36. The molecule has 0 saturated carbocycles. The summed E-state index contributed by atoms with van der Waals surface area (Å²) in [7, 11) is -3.17. The van der Waals surface area contributed by atoms with Gasteiger partial charge in [-0.25, -0.2) is 0 Å². The maximum absolute atomic E-state index is 12.3. The van der Waals surface area contributed by atoms with Crippen LogP contribution in [0.4, 0.5) is 0 Å². The van der Waals surface area contributed by atoms with Crippen molar-refractivity contribution in [3.05, 3.63) is 0 Å². The van der Waals surface area contributed by atoms with Crippen molar-refractivity contribution in [2.45, 2.75) is 59.0 Å². The van der Waals surface area contributed by atoms with Crippen molar-refractivity contribution in [3.63, 3.8) is 0 Å². The van der Waals surface area contributed by atoms with E-state index in [1.807, 2.05) is 27.7 Å². The van der Waals surface area contributed by atoms with Crippen LogP contribution in [0.5, 0.6) is 0 Å². The topological polar surface area (TPSA) is 65.0 Å². The number of rotatable bonds is 5. The predicted molar refractivity (Wildman–Crippen MR) is 74.4 cm³/mol. The minimum atomic E-state index is -3.17. The summed E-state index contributed by atoms with van der Waals surface area (Å²) < 4.78 is 28.8. The molecule has 1 aliphatic rings. The van der Waals surface area contributed by atoms with Gasteiger partial charge in [-0.2, -0.15) is 0 Å². The average molecular weight is 294 g/mol. The van der Waals surface area contributed by atoms with E-state index in [4.69, 9.17) is 13.8 Å². The Morgan fingerprint density at radius 1 is 1.32 bits per heavy atom. The summed E-state index contributed by atoms with van der Waals surface area (Å²) in [4.78, 5) is 0. The van der Waals surface area contributed by atoms with Crippen molar-refractivity contribution in [1.29, 1.82) is 0 Å². The second-order valence-electron chi connectivity index (χ2n) is 5.93. The normalized spacial score (nSPS) is 35.6. The molecule has 6 heteroatoms. The molecule has 1 fully saturated rings. The van der Waals surface area contributed by atoms with Crippen molar-refractivity contribution in [2.24, 2.45) is 11.8 Å². The minimum Gasteiger partial charge on any atom is -0.388 e. The molecular weight excluding hydrogens is 267 g/mol. The lowest BCUT2D eigenvalue weighted by molar-refractivity contribution is -0.160. The molecule has 0 aromatic rings. The van der Waals surface area contributed by atoms with E-state index in [0.29, 0.717) is 6.61 Å². The number of ether oxygens (including phenoxy) is 1. The zero-order valence-electron chi connectivity index (χ0n) is 12.7. The Kier molecular flexibility index (Phi) is 6.02. The zero-order valence-corrected chi connectivity index (χ0v) is 13.6. The predicted octanol–water partition coefficient (Wildman–Crippen LogP) is 2.67. The van der Waals surface area contributed by atoms with Gasteiger partial charge in [-0.15, -0.1) is 0 Å². The smallest absolute Gasteiger partial charge is 0.328 e. The third-order valence-corrected chi connectivity index (χ3v) is 4.79. The Bertz CT molecular complexity index is 331. The van der Waals surface area contributed by atoms with E-state index in [2.05, 4.69) is 0 Å². The van der Waals surface area contributed by atoms with Gasteiger partial charge in [0.1, 0.15) is 12.2 Å². The molecule has 1 saturated heterocycles. The Hall–Kier alpha value is 0.0700. The fourth-order valence-corrected chi connectivity index (χ4v) is 3.86. The van der Waals surface area contributed by atoms with E-state index < -0.39 is 19.8 Å². The lowest BCUT2D eigenvalue weighted by Gasteiger charge is -2.41. The Morgan fingerprint density at radius 3 is 2.37 bits per heavy atom. The lowest BCUT2D eigenvalue weighted by Crippen LogP contribution is -2.51. The summed E-state index contributed by atoms with van der Waals surface area (Å²) in [6, 6.07) is 0. The first-order valence-electron chi connectivity index (χ1n) is 6.88. The van der Waals surface area contributed by atoms with Crippen LogP contribution < -0.4 is 0 Å². The number of aliphatic hydroxyl groups is 1. The Morgan fingerprint density at radius 2 is 1.89 bits per heavy atom. The summed E-state index contributed by atoms with van der Waals surface area (Å²) >= 11 is 0. The van der Waals surface area contributed by atoms with E-state index in [-0.39, 0.29) is 24.0 Å². The first kappa shape index (κ1) is 17.1. The molecule has 0 bridgehead atoms. The van der Waals surface area contributed by atoms with Gasteiger partial charge in [-0.3, -0.25) is 4.57 Å². The van der Waals surface area contributed by atoms with Gasteiger partial charge >= 0.3 is 7.60 Å². The molecule has 1 aliphatic heterocycles. The molecule has 1 rings (SSSR count). The number of hydrogen-bond acceptors (Lipinski definition) is 5. The Labute approximate surface area is 116 Å². The van der Waals surface area contributed by atoms with Crippen LogP contribution >= 0.6 is 7.60 Å². The van der Waals surface area contributed by atoms with Gasteiger partial charge in [0.25, 0.3) is 0 Å². The second-order valence-corrected chi connectivity index (χ2v) is 7.90. The number of hydrogen-bond donors (Lipinski definition) is 1. The van der Waals surface area contributed by atoms with Crippen molar-refractivity contribution in [3.8, 4) is 0 Å². The van der Waals surface area contributed by atoms with Crippen LogP contribution in [0, 0.1) is 11.8 Å². The highest BCUT2D eigenvalue weighted by atomic mass is 31.2. The molecule has 0 spiro atoms. The molecule has 5 unspecified atom stereocenters. The Balaban J connectivity index is 2.82. The van der Waals surface area contributed by atoms with E-state index in [1.165, 1.54) is 6.66 Å². The van der Waals surface area contributed by atoms with Gasteiger partial charge < -0.3 is 18.9 Å². The molecule has 19 heavy (non-hydrogen) atoms. The van der Waals surface area contributed by atoms with Crippen molar-refractivity contribution < 1.29 is 23.5 Å². The highest BCUT2D eigenvalue weighted by molar-refractivity contribution is 7.53. The van der Waals surface area contributed by atoms with Crippen LogP contribution in [-0.2, 0) is 18.3 Å². The van der Waals surface area contributed by atoms with Gasteiger partial charge in [0, 0.05) is 12.6 Å². The summed E-state index contributed by atoms with van der Waals surface area (Å²) in [5.74, 6) is 0.279. The van der Waals surface area contributed by atoms with Gasteiger partial charge in [-0.05, 0) is 26.7 Å². The molecule has 5 nitrogen and oxygen atoms in total. The zero-order chi connectivity index (χ0) is 14.8. The molecule has 0 aliphatic carbocycles. The van der Waals surface area contributed by atoms with E-state index in [0.717, 1.165) is 0 Å². The van der Waals surface area contributed by atoms with Gasteiger partial charge in [-0.1, -0.05) is 13.8 Å². The van der Waals surface area contributed by atoms with Gasteiger partial charge in [0.05, 0.1) is 18.8 Å². The molecular formula is C13H27O5P. The minimum absolute atomic E-state index is 0.00948. The lowest BCUT2D eigenvalue weighted by atomic mass is 9.85. The molecule has 0 amide bonds. The molecule has 114 valence electrons. The van der Waals surface area contributed by atoms with E-state index >= 15 is 0 Å². The van der Waals surface area contributed by atoms with E-state index in [9.17, 15) is 9.67 Å². The molecule has 5 atom stereocenters. The maximum atomic E-state index is 12.3. The standard InChI is InChI=1S/C13H27O5P/c1-8(2)11-7-16-10(5)12(14)13(11)18-19(6,15)17-9(3)4/h8-14H,7H2,1-6H3. The van der Waals surface area contributed by atoms with Gasteiger partial charge in [0.15, 0.2) is 0 Å². The van der Waals surface area contributed by atoms with Crippen LogP contribution in [0.3, 0.4) is 0 Å². The van der Waals surface area contributed by atoms with Crippen LogP contribution in [-0.4, -0.2) is 42.8 Å². The highest BCUT2D eigenvalue weighted by Gasteiger charge is 2.42. The van der Waals surface area contributed by atoms with Crippen LogP contribution in [0.2, 0.25) is 0 Å². The SMILES string of the molecule is CC(C)OP(C)(=O)OC1C(O)C(C)OCC1C(C)C. The monoisotopic (exact) mass is 294 g/mol. The fourth-order valence-electron chi connectivity index (χ4n) is 2.32. The summed E-state index contributed by atoms with van der Waals surface area (Å²) in [6.07, 6.45) is -1.80.